The quantitative estimate of drug-likeness (QED) is 0.608. The molecule has 6 nitrogen and oxygen atoms in total. The van der Waals surface area contributed by atoms with Crippen LogP contribution in [-0.2, 0) is 6.18 Å². The predicted octanol–water partition coefficient (Wildman–Crippen LogP) is 4.13. The second-order valence-corrected chi connectivity index (χ2v) is 7.63. The Kier molecular flexibility index (Phi) is 4.57. The molecule has 0 amide bonds. The highest BCUT2D eigenvalue weighted by molar-refractivity contribution is 6.00. The molecule has 1 saturated carbocycles. The molecule has 0 saturated heterocycles. The lowest BCUT2D eigenvalue weighted by Gasteiger charge is -2.18. The van der Waals surface area contributed by atoms with Crippen LogP contribution in [0.3, 0.4) is 0 Å². The van der Waals surface area contributed by atoms with Gasteiger partial charge in [-0.2, -0.15) is 13.2 Å². The topological polar surface area (TPSA) is 91.2 Å². The fraction of sp³-hybridized carbons (Fsp3) is 0.350. The van der Waals surface area contributed by atoms with Gasteiger partial charge in [0.05, 0.1) is 11.2 Å². The van der Waals surface area contributed by atoms with Crippen molar-refractivity contribution in [1.29, 1.82) is 0 Å². The normalized spacial score (nSPS) is 22.2. The smallest absolute Gasteiger partial charge is 0.416 e. The van der Waals surface area contributed by atoms with Crippen LogP contribution < -0.4 is 5.32 Å². The number of pyridine rings is 1. The first-order valence-corrected chi connectivity index (χ1v) is 9.14. The predicted molar refractivity (Wildman–Crippen MR) is 101 cm³/mol. The van der Waals surface area contributed by atoms with E-state index in [9.17, 15) is 23.4 Å². The zero-order valence-electron chi connectivity index (χ0n) is 15.5. The number of hydrogen-bond donors (Lipinski definition) is 3. The monoisotopic (exact) mass is 404 g/mol. The van der Waals surface area contributed by atoms with Crippen molar-refractivity contribution in [3.8, 4) is 17.0 Å². The molecule has 29 heavy (non-hydrogen) atoms. The summed E-state index contributed by atoms with van der Waals surface area (Å²) in [5.74, 6) is -0.0502. The Morgan fingerprint density at radius 3 is 2.62 bits per heavy atom. The van der Waals surface area contributed by atoms with Crippen molar-refractivity contribution in [3.05, 3.63) is 42.2 Å². The fourth-order valence-electron chi connectivity index (χ4n) is 3.75. The minimum absolute atomic E-state index is 0.0213. The van der Waals surface area contributed by atoms with Crippen molar-refractivity contribution in [2.24, 2.45) is 0 Å². The first-order chi connectivity index (χ1) is 13.6. The number of phenolic OH excluding ortho intramolecular Hbond substituents is 1. The van der Waals surface area contributed by atoms with Gasteiger partial charge in [-0.3, -0.25) is 4.98 Å². The molecule has 0 spiro atoms. The summed E-state index contributed by atoms with van der Waals surface area (Å²) in [6, 6.07) is 4.45. The summed E-state index contributed by atoms with van der Waals surface area (Å²) in [7, 11) is 0. The van der Waals surface area contributed by atoms with E-state index in [2.05, 4.69) is 20.5 Å². The molecule has 1 aliphatic carbocycles. The average molecular weight is 404 g/mol. The third-order valence-electron chi connectivity index (χ3n) is 5.22. The highest BCUT2D eigenvalue weighted by Crippen LogP contribution is 2.39. The van der Waals surface area contributed by atoms with Crippen LogP contribution in [0.15, 0.2) is 36.7 Å². The summed E-state index contributed by atoms with van der Waals surface area (Å²) in [5.41, 5.74) is -1.26. The molecule has 3 N–H and O–H groups in total. The molecule has 9 heteroatoms. The van der Waals surface area contributed by atoms with Gasteiger partial charge in [-0.25, -0.2) is 0 Å². The number of aromatic nitrogens is 3. The molecule has 0 bridgehead atoms. The number of nitrogens with zero attached hydrogens (tertiary/aromatic N) is 3. The molecule has 1 aliphatic rings. The third kappa shape index (κ3) is 3.82. The van der Waals surface area contributed by atoms with E-state index in [-0.39, 0.29) is 17.3 Å². The van der Waals surface area contributed by atoms with Gasteiger partial charge in [0.2, 0.25) is 0 Å². The van der Waals surface area contributed by atoms with Gasteiger partial charge in [-0.15, -0.1) is 10.2 Å². The average Bonchev–Trinajstić information content (AvgIpc) is 3.00. The maximum Gasteiger partial charge on any atom is 0.416 e. The van der Waals surface area contributed by atoms with Crippen LogP contribution >= 0.6 is 0 Å². The van der Waals surface area contributed by atoms with Gasteiger partial charge in [0.15, 0.2) is 5.82 Å². The van der Waals surface area contributed by atoms with Crippen molar-refractivity contribution in [3.63, 3.8) is 0 Å². The van der Waals surface area contributed by atoms with E-state index in [1.54, 1.807) is 25.4 Å². The van der Waals surface area contributed by atoms with Gasteiger partial charge >= 0.3 is 6.18 Å². The molecule has 1 fully saturated rings. The van der Waals surface area contributed by atoms with E-state index in [0.29, 0.717) is 35.5 Å². The number of benzene rings is 1. The van der Waals surface area contributed by atoms with E-state index in [4.69, 9.17) is 0 Å². The summed E-state index contributed by atoms with van der Waals surface area (Å²) in [6.07, 6.45) is 0.592. The summed E-state index contributed by atoms with van der Waals surface area (Å²) in [6.45, 7) is 1.79. The number of halogens is 3. The molecular weight excluding hydrogens is 385 g/mol. The minimum Gasteiger partial charge on any atom is -0.507 e. The Morgan fingerprint density at radius 1 is 1.17 bits per heavy atom. The summed E-state index contributed by atoms with van der Waals surface area (Å²) in [5, 5.41) is 33.2. The first kappa shape index (κ1) is 19.4. The standard InChI is InChI=1S/C20H19F3N4O2/c1-19(29)6-4-12(9-19)25-18-15-10-24-7-5-13(15)17(26-27-18)14-3-2-11(8-16(14)28)20(21,22)23/h2-3,5,7-8,10,12,28-29H,4,6,9H2,1H3,(H,25,27). The molecule has 1 aromatic carbocycles. The Bertz CT molecular complexity index is 1070. The van der Waals surface area contributed by atoms with Crippen LogP contribution in [-0.4, -0.2) is 37.0 Å². The van der Waals surface area contributed by atoms with Crippen LogP contribution in [0.2, 0.25) is 0 Å². The number of anilines is 1. The molecule has 4 rings (SSSR count). The van der Waals surface area contributed by atoms with E-state index in [1.807, 2.05) is 0 Å². The maximum atomic E-state index is 12.9. The number of nitrogens with one attached hydrogen (secondary N) is 1. The van der Waals surface area contributed by atoms with Crippen LogP contribution in [0.4, 0.5) is 19.0 Å². The number of rotatable bonds is 3. The lowest BCUT2D eigenvalue weighted by molar-refractivity contribution is -0.137. The van der Waals surface area contributed by atoms with Crippen LogP contribution in [0, 0.1) is 0 Å². The SMILES string of the molecule is CC1(O)CCC(Nc2nnc(-c3ccc(C(F)(F)F)cc3O)c3ccncc23)C1. The van der Waals surface area contributed by atoms with Crippen molar-refractivity contribution < 1.29 is 23.4 Å². The third-order valence-corrected chi connectivity index (χ3v) is 5.22. The molecule has 2 unspecified atom stereocenters. The maximum absolute atomic E-state index is 12.9. The molecule has 152 valence electrons. The Hall–Kier alpha value is -2.94. The molecule has 2 heterocycles. The van der Waals surface area contributed by atoms with E-state index < -0.39 is 23.1 Å². The van der Waals surface area contributed by atoms with Crippen LogP contribution in [0.1, 0.15) is 31.7 Å². The van der Waals surface area contributed by atoms with E-state index in [0.717, 1.165) is 12.5 Å². The van der Waals surface area contributed by atoms with Gasteiger partial charge in [0.1, 0.15) is 11.4 Å². The lowest BCUT2D eigenvalue weighted by atomic mass is 10.0. The summed E-state index contributed by atoms with van der Waals surface area (Å²) >= 11 is 0. The van der Waals surface area contributed by atoms with Crippen molar-refractivity contribution >= 4 is 16.6 Å². The number of aromatic hydroxyl groups is 1. The van der Waals surface area contributed by atoms with Crippen LogP contribution in [0.5, 0.6) is 5.75 Å². The van der Waals surface area contributed by atoms with Crippen molar-refractivity contribution in [2.45, 2.75) is 44.0 Å². The van der Waals surface area contributed by atoms with Gasteiger partial charge in [0, 0.05) is 34.8 Å². The zero-order chi connectivity index (χ0) is 20.8. The highest BCUT2D eigenvalue weighted by Gasteiger charge is 2.34. The highest BCUT2D eigenvalue weighted by atomic mass is 19.4. The second-order valence-electron chi connectivity index (χ2n) is 7.63. The molecular formula is C20H19F3N4O2. The van der Waals surface area contributed by atoms with Crippen molar-refractivity contribution in [2.75, 3.05) is 5.32 Å². The summed E-state index contributed by atoms with van der Waals surface area (Å²) in [4.78, 5) is 4.11. The second kappa shape index (κ2) is 6.84. The first-order valence-electron chi connectivity index (χ1n) is 9.14. The zero-order valence-corrected chi connectivity index (χ0v) is 15.5. The number of fused-ring (bicyclic) bond motifs is 1. The molecule has 0 radical (unpaired) electrons. The number of alkyl halides is 3. The number of phenols is 1. The largest absolute Gasteiger partial charge is 0.507 e. The van der Waals surface area contributed by atoms with Gasteiger partial charge in [-0.05, 0) is 50.5 Å². The Morgan fingerprint density at radius 2 is 1.97 bits per heavy atom. The van der Waals surface area contributed by atoms with Crippen LogP contribution in [0.25, 0.3) is 22.0 Å². The lowest BCUT2D eigenvalue weighted by Crippen LogP contribution is -2.24. The van der Waals surface area contributed by atoms with Gasteiger partial charge < -0.3 is 15.5 Å². The fourth-order valence-corrected chi connectivity index (χ4v) is 3.75. The molecule has 3 aromatic rings. The molecule has 2 atom stereocenters. The van der Waals surface area contributed by atoms with E-state index in [1.165, 1.54) is 6.07 Å². The molecule has 2 aromatic heterocycles. The Balaban J connectivity index is 1.74. The number of hydrogen-bond acceptors (Lipinski definition) is 6. The van der Waals surface area contributed by atoms with Crippen molar-refractivity contribution in [1.82, 2.24) is 15.2 Å². The minimum atomic E-state index is -4.55. The molecule has 0 aliphatic heterocycles. The Labute approximate surface area is 164 Å². The van der Waals surface area contributed by atoms with E-state index >= 15 is 0 Å². The van der Waals surface area contributed by atoms with Gasteiger partial charge in [0.25, 0.3) is 0 Å². The number of aliphatic hydroxyl groups is 1. The summed E-state index contributed by atoms with van der Waals surface area (Å²) < 4.78 is 38.6. The van der Waals surface area contributed by atoms with Gasteiger partial charge in [-0.1, -0.05) is 0 Å².